The fourth-order valence-electron chi connectivity index (χ4n) is 4.02. The lowest BCUT2D eigenvalue weighted by Gasteiger charge is -2.24. The summed E-state index contributed by atoms with van der Waals surface area (Å²) in [5.74, 6) is 1.19. The van der Waals surface area contributed by atoms with Crippen LogP contribution in [0.15, 0.2) is 73.7 Å². The van der Waals surface area contributed by atoms with Crippen molar-refractivity contribution in [1.29, 1.82) is 5.41 Å². The molecule has 0 radical (unpaired) electrons. The first-order chi connectivity index (χ1) is 17.0. The molecular weight excluding hydrogens is 452 g/mol. The molecule has 2 heterocycles. The van der Waals surface area contributed by atoms with Crippen molar-refractivity contribution in [2.45, 2.75) is 25.3 Å². The summed E-state index contributed by atoms with van der Waals surface area (Å²) in [6.07, 6.45) is 3.54. The van der Waals surface area contributed by atoms with E-state index in [1.165, 1.54) is 30.6 Å². The standard InChI is InChI=1S/C26H25F2N5O2/c1-2-23(34)33-12-4-6-19(33)14-31-26-22(15-30-16-32-26)24(29)17-8-10-20(11-9-17)35-21-7-3-5-18(13-21)25(27)28/h2-3,5,7-11,13,15-16,19,25,29H,1,4,6,12,14H2,(H,30,31,32)/t19-/m1/s1. The Morgan fingerprint density at radius 3 is 2.80 bits per heavy atom. The van der Waals surface area contributed by atoms with Crippen LogP contribution in [-0.2, 0) is 4.79 Å². The van der Waals surface area contributed by atoms with E-state index in [9.17, 15) is 13.6 Å². The second kappa shape index (κ2) is 10.9. The molecule has 3 aromatic rings. The maximum absolute atomic E-state index is 12.9. The highest BCUT2D eigenvalue weighted by atomic mass is 19.3. The van der Waals surface area contributed by atoms with Crippen LogP contribution in [0.3, 0.4) is 0 Å². The molecule has 1 atom stereocenters. The Hall–Kier alpha value is -4.14. The molecule has 0 bridgehead atoms. The molecule has 0 saturated carbocycles. The number of anilines is 1. The van der Waals surface area contributed by atoms with Crippen molar-refractivity contribution in [3.8, 4) is 11.5 Å². The minimum Gasteiger partial charge on any atom is -0.457 e. The number of rotatable bonds is 9. The van der Waals surface area contributed by atoms with Gasteiger partial charge in [-0.3, -0.25) is 10.2 Å². The van der Waals surface area contributed by atoms with Crippen LogP contribution in [0.5, 0.6) is 11.5 Å². The second-order valence-electron chi connectivity index (χ2n) is 8.07. The number of ether oxygens (including phenoxy) is 1. The third kappa shape index (κ3) is 5.68. The summed E-state index contributed by atoms with van der Waals surface area (Å²) in [5.41, 5.74) is 1.23. The number of hydrogen-bond acceptors (Lipinski definition) is 6. The SMILES string of the molecule is C=CC(=O)N1CCC[C@@H]1CNc1ncncc1C(=N)c1ccc(Oc2cccc(C(F)F)c2)cc1. The number of nitrogens with zero attached hydrogens (tertiary/aromatic N) is 3. The predicted octanol–water partition coefficient (Wildman–Crippen LogP) is 5.21. The highest BCUT2D eigenvalue weighted by molar-refractivity contribution is 6.13. The summed E-state index contributed by atoms with van der Waals surface area (Å²) < 4.78 is 31.5. The molecular formula is C26H25F2N5O2. The van der Waals surface area contributed by atoms with Gasteiger partial charge >= 0.3 is 0 Å². The number of aromatic nitrogens is 2. The Morgan fingerprint density at radius 1 is 1.26 bits per heavy atom. The Bertz CT molecular complexity index is 1220. The van der Waals surface area contributed by atoms with E-state index < -0.39 is 6.43 Å². The van der Waals surface area contributed by atoms with Gasteiger partial charge in [-0.15, -0.1) is 0 Å². The molecule has 1 aromatic heterocycles. The third-order valence-electron chi connectivity index (χ3n) is 5.81. The van der Waals surface area contributed by atoms with Crippen LogP contribution < -0.4 is 10.1 Å². The number of carbonyl (C=O) groups is 1. The summed E-state index contributed by atoms with van der Waals surface area (Å²) in [7, 11) is 0. The van der Waals surface area contributed by atoms with Crippen LogP contribution in [0.2, 0.25) is 0 Å². The molecule has 1 aliphatic rings. The molecule has 4 rings (SSSR count). The predicted molar refractivity (Wildman–Crippen MR) is 129 cm³/mol. The summed E-state index contributed by atoms with van der Waals surface area (Å²) in [6, 6.07) is 12.6. The average Bonchev–Trinajstić information content (AvgIpc) is 3.36. The van der Waals surface area contributed by atoms with Gasteiger partial charge in [0.15, 0.2) is 0 Å². The largest absolute Gasteiger partial charge is 0.457 e. The van der Waals surface area contributed by atoms with E-state index >= 15 is 0 Å². The summed E-state index contributed by atoms with van der Waals surface area (Å²) in [5, 5.41) is 11.9. The van der Waals surface area contributed by atoms with Crippen molar-refractivity contribution >= 4 is 17.4 Å². The van der Waals surface area contributed by atoms with Gasteiger partial charge in [0, 0.05) is 36.5 Å². The fraction of sp³-hybridized carbons (Fsp3) is 0.231. The number of benzene rings is 2. The first-order valence-corrected chi connectivity index (χ1v) is 11.2. The Morgan fingerprint density at radius 2 is 2.06 bits per heavy atom. The van der Waals surface area contributed by atoms with Crippen molar-refractivity contribution in [1.82, 2.24) is 14.9 Å². The molecule has 2 N–H and O–H groups in total. The zero-order valence-corrected chi connectivity index (χ0v) is 19.0. The molecule has 0 aliphatic carbocycles. The lowest BCUT2D eigenvalue weighted by Crippen LogP contribution is -2.38. The number of hydrogen-bond donors (Lipinski definition) is 2. The molecule has 1 saturated heterocycles. The van der Waals surface area contributed by atoms with Crippen molar-refractivity contribution in [2.75, 3.05) is 18.4 Å². The van der Waals surface area contributed by atoms with Gasteiger partial charge in [0.25, 0.3) is 6.43 Å². The van der Waals surface area contributed by atoms with E-state index in [-0.39, 0.29) is 23.2 Å². The summed E-state index contributed by atoms with van der Waals surface area (Å²) in [4.78, 5) is 22.2. The number of carbonyl (C=O) groups excluding carboxylic acids is 1. The van der Waals surface area contributed by atoms with Gasteiger partial charge in [-0.2, -0.15) is 0 Å². The first-order valence-electron chi connectivity index (χ1n) is 11.2. The van der Waals surface area contributed by atoms with Crippen LogP contribution in [0.1, 0.15) is 36.0 Å². The van der Waals surface area contributed by atoms with Crippen LogP contribution in [-0.4, -0.2) is 45.6 Å². The molecule has 2 aromatic carbocycles. The van der Waals surface area contributed by atoms with Crippen molar-refractivity contribution < 1.29 is 18.3 Å². The molecule has 9 heteroatoms. The molecule has 180 valence electrons. The highest BCUT2D eigenvalue weighted by Gasteiger charge is 2.27. The molecule has 7 nitrogen and oxygen atoms in total. The van der Waals surface area contributed by atoms with Gasteiger partial charge in [0.1, 0.15) is 23.6 Å². The van der Waals surface area contributed by atoms with Crippen LogP contribution in [0.4, 0.5) is 14.6 Å². The normalized spacial score (nSPS) is 15.2. The number of alkyl halides is 2. The number of likely N-dealkylation sites (tertiary alicyclic amines) is 1. The zero-order chi connectivity index (χ0) is 24.8. The smallest absolute Gasteiger partial charge is 0.263 e. The summed E-state index contributed by atoms with van der Waals surface area (Å²) >= 11 is 0. The number of amides is 1. The van der Waals surface area contributed by atoms with Crippen molar-refractivity contribution in [2.24, 2.45) is 0 Å². The fourth-order valence-corrected chi connectivity index (χ4v) is 4.02. The van der Waals surface area contributed by atoms with E-state index in [4.69, 9.17) is 10.1 Å². The Balaban J connectivity index is 1.45. The van der Waals surface area contributed by atoms with E-state index in [1.54, 1.807) is 41.4 Å². The van der Waals surface area contributed by atoms with Gasteiger partial charge in [-0.25, -0.2) is 18.7 Å². The molecule has 1 aliphatic heterocycles. The maximum atomic E-state index is 12.9. The van der Waals surface area contributed by atoms with Gasteiger partial charge in [-0.1, -0.05) is 18.7 Å². The molecule has 0 unspecified atom stereocenters. The number of halogens is 2. The van der Waals surface area contributed by atoms with Crippen LogP contribution in [0.25, 0.3) is 0 Å². The van der Waals surface area contributed by atoms with E-state index in [0.717, 1.165) is 12.8 Å². The highest BCUT2D eigenvalue weighted by Crippen LogP contribution is 2.27. The third-order valence-corrected chi connectivity index (χ3v) is 5.81. The zero-order valence-electron chi connectivity index (χ0n) is 19.0. The summed E-state index contributed by atoms with van der Waals surface area (Å²) in [6.45, 7) is 4.77. The van der Waals surface area contributed by atoms with Crippen molar-refractivity contribution in [3.63, 3.8) is 0 Å². The Labute approximate surface area is 202 Å². The van der Waals surface area contributed by atoms with Crippen LogP contribution >= 0.6 is 0 Å². The maximum Gasteiger partial charge on any atom is 0.263 e. The van der Waals surface area contributed by atoms with E-state index in [0.29, 0.717) is 41.5 Å². The topological polar surface area (TPSA) is 91.2 Å². The number of nitrogens with one attached hydrogen (secondary N) is 2. The molecule has 35 heavy (non-hydrogen) atoms. The Kier molecular flexibility index (Phi) is 7.45. The minimum absolute atomic E-state index is 0.0255. The lowest BCUT2D eigenvalue weighted by atomic mass is 10.0. The van der Waals surface area contributed by atoms with E-state index in [1.807, 2.05) is 0 Å². The van der Waals surface area contributed by atoms with Gasteiger partial charge in [-0.05, 0) is 55.3 Å². The van der Waals surface area contributed by atoms with Crippen molar-refractivity contribution in [3.05, 3.63) is 90.4 Å². The van der Waals surface area contributed by atoms with Crippen LogP contribution in [0, 0.1) is 5.41 Å². The van der Waals surface area contributed by atoms with Gasteiger partial charge in [0.05, 0.1) is 11.3 Å². The quantitative estimate of drug-likeness (QED) is 0.326. The molecule has 0 spiro atoms. The van der Waals surface area contributed by atoms with Gasteiger partial charge < -0.3 is 15.0 Å². The monoisotopic (exact) mass is 477 g/mol. The first kappa shape index (κ1) is 24.0. The minimum atomic E-state index is -2.57. The second-order valence-corrected chi connectivity index (χ2v) is 8.07. The molecule has 1 amide bonds. The van der Waals surface area contributed by atoms with Gasteiger partial charge in [0.2, 0.25) is 5.91 Å². The lowest BCUT2D eigenvalue weighted by molar-refractivity contribution is -0.126. The van der Waals surface area contributed by atoms with E-state index in [2.05, 4.69) is 21.9 Å². The average molecular weight is 478 g/mol. The molecule has 1 fully saturated rings.